The quantitative estimate of drug-likeness (QED) is 0.349. The molecule has 0 bridgehead atoms. The second-order valence-electron chi connectivity index (χ2n) is 5.96. The molecule has 2 rings (SSSR count). The Labute approximate surface area is 148 Å². The molecule has 0 radical (unpaired) electrons. The van der Waals surface area contributed by atoms with E-state index in [1.807, 2.05) is 0 Å². The summed E-state index contributed by atoms with van der Waals surface area (Å²) in [5, 5.41) is 9.03. The average molecular weight is 371 g/mol. The number of ether oxygens (including phenoxy) is 1. The minimum atomic E-state index is -4.64. The number of nitriles is 1. The summed E-state index contributed by atoms with van der Waals surface area (Å²) in [6, 6.07) is 7.97. The molecule has 1 aromatic rings. The molecule has 8 nitrogen and oxygen atoms in total. The Kier molecular flexibility index (Phi) is 8.90. The first-order chi connectivity index (χ1) is 11.7. The summed E-state index contributed by atoms with van der Waals surface area (Å²) in [6.07, 6.45) is 4.93. The predicted molar refractivity (Wildman–Crippen MR) is 94.8 cm³/mol. The first-order valence-electron chi connectivity index (χ1n) is 8.15. The highest BCUT2D eigenvalue weighted by molar-refractivity contribution is 7.45. The Hall–Kier alpha value is -1.62. The zero-order valence-electron chi connectivity index (χ0n) is 14.3. The van der Waals surface area contributed by atoms with E-state index in [1.165, 1.54) is 25.8 Å². The molecule has 1 aliphatic heterocycles. The Bertz CT molecular complexity index is 620. The van der Waals surface area contributed by atoms with Crippen molar-refractivity contribution in [1.82, 2.24) is 4.90 Å². The van der Waals surface area contributed by atoms with Gasteiger partial charge < -0.3 is 30.1 Å². The molecule has 1 aliphatic rings. The van der Waals surface area contributed by atoms with Gasteiger partial charge in [-0.3, -0.25) is 0 Å². The zero-order valence-corrected chi connectivity index (χ0v) is 15.2. The van der Waals surface area contributed by atoms with Crippen molar-refractivity contribution in [3.8, 4) is 11.8 Å². The molecular formula is C16H26N3O5P. The number of benzene rings is 1. The molecule has 9 heteroatoms. The lowest BCUT2D eigenvalue weighted by Gasteiger charge is -2.33. The van der Waals surface area contributed by atoms with Gasteiger partial charge in [0.1, 0.15) is 11.8 Å². The smallest absolute Gasteiger partial charge is 0.466 e. The van der Waals surface area contributed by atoms with Crippen molar-refractivity contribution >= 4 is 13.5 Å². The number of hydrogen-bond donors (Lipinski definition) is 4. The van der Waals surface area contributed by atoms with Gasteiger partial charge in [0.25, 0.3) is 0 Å². The van der Waals surface area contributed by atoms with E-state index in [2.05, 4.69) is 17.9 Å². The maximum absolute atomic E-state index is 9.03. The first-order valence-corrected chi connectivity index (χ1v) is 9.72. The van der Waals surface area contributed by atoms with E-state index in [9.17, 15) is 0 Å². The van der Waals surface area contributed by atoms with Crippen LogP contribution in [0.3, 0.4) is 0 Å². The highest BCUT2D eigenvalue weighted by atomic mass is 31.2. The van der Waals surface area contributed by atoms with Gasteiger partial charge in [0.15, 0.2) is 0 Å². The predicted octanol–water partition coefficient (Wildman–Crippen LogP) is 1.86. The second-order valence-corrected chi connectivity index (χ2v) is 6.99. The van der Waals surface area contributed by atoms with Crippen molar-refractivity contribution < 1.29 is 24.0 Å². The van der Waals surface area contributed by atoms with Crippen LogP contribution in [-0.4, -0.2) is 45.3 Å². The van der Waals surface area contributed by atoms with Gasteiger partial charge in [0.05, 0.1) is 12.2 Å². The SMILES string of the molecule is CC1CCCCN1CCCOc1cc(N)ccc1C#N.O=P(O)(O)O. The lowest BCUT2D eigenvalue weighted by Crippen LogP contribution is -2.38. The van der Waals surface area contributed by atoms with Crippen LogP contribution in [0, 0.1) is 11.3 Å². The topological polar surface area (TPSA) is 140 Å². The number of nitrogens with two attached hydrogens (primary N) is 1. The molecule has 1 heterocycles. The van der Waals surface area contributed by atoms with Crippen molar-refractivity contribution in [3.63, 3.8) is 0 Å². The summed E-state index contributed by atoms with van der Waals surface area (Å²) < 4.78 is 14.6. The summed E-state index contributed by atoms with van der Waals surface area (Å²) >= 11 is 0. The van der Waals surface area contributed by atoms with Crippen LogP contribution < -0.4 is 10.5 Å². The Balaban J connectivity index is 0.000000550. The number of hydrogen-bond acceptors (Lipinski definition) is 5. The molecule has 0 aliphatic carbocycles. The lowest BCUT2D eigenvalue weighted by molar-refractivity contribution is 0.148. The molecule has 140 valence electrons. The Morgan fingerprint density at radius 2 is 2.08 bits per heavy atom. The zero-order chi connectivity index (χ0) is 18.9. The third-order valence-corrected chi connectivity index (χ3v) is 3.91. The van der Waals surface area contributed by atoms with E-state index in [-0.39, 0.29) is 0 Å². The lowest BCUT2D eigenvalue weighted by atomic mass is 10.0. The molecular weight excluding hydrogens is 345 g/mol. The number of nitrogen functional groups attached to an aromatic ring is 1. The first kappa shape index (κ1) is 21.4. The molecule has 1 saturated heterocycles. The molecule has 5 N–H and O–H groups in total. The van der Waals surface area contributed by atoms with Gasteiger partial charge in [-0.2, -0.15) is 5.26 Å². The fourth-order valence-corrected chi connectivity index (χ4v) is 2.69. The summed E-state index contributed by atoms with van der Waals surface area (Å²) in [5.74, 6) is 0.596. The van der Waals surface area contributed by atoms with Crippen molar-refractivity contribution in [2.75, 3.05) is 25.4 Å². The van der Waals surface area contributed by atoms with Crippen LogP contribution in [0.2, 0.25) is 0 Å². The van der Waals surface area contributed by atoms with Gasteiger partial charge in [-0.1, -0.05) is 6.42 Å². The molecule has 1 aromatic carbocycles. The van der Waals surface area contributed by atoms with E-state index in [1.54, 1.807) is 18.2 Å². The maximum Gasteiger partial charge on any atom is 0.466 e. The van der Waals surface area contributed by atoms with Crippen LogP contribution in [0.25, 0.3) is 0 Å². The van der Waals surface area contributed by atoms with Gasteiger partial charge in [-0.25, -0.2) is 4.57 Å². The largest absolute Gasteiger partial charge is 0.492 e. The fourth-order valence-electron chi connectivity index (χ4n) is 2.69. The Morgan fingerprint density at radius 3 is 2.68 bits per heavy atom. The van der Waals surface area contributed by atoms with Crippen LogP contribution in [0.5, 0.6) is 5.75 Å². The minimum absolute atomic E-state index is 0.547. The van der Waals surface area contributed by atoms with E-state index >= 15 is 0 Å². The van der Waals surface area contributed by atoms with E-state index in [4.69, 9.17) is 35.0 Å². The third-order valence-electron chi connectivity index (χ3n) is 3.91. The summed E-state index contributed by atoms with van der Waals surface area (Å²) in [4.78, 5) is 24.1. The monoisotopic (exact) mass is 371 g/mol. The fraction of sp³-hybridized carbons (Fsp3) is 0.562. The van der Waals surface area contributed by atoms with E-state index in [0.717, 1.165) is 13.0 Å². The maximum atomic E-state index is 9.03. The van der Waals surface area contributed by atoms with Gasteiger partial charge >= 0.3 is 7.82 Å². The average Bonchev–Trinajstić information content (AvgIpc) is 2.52. The van der Waals surface area contributed by atoms with Gasteiger partial charge in [0.2, 0.25) is 0 Å². The number of rotatable bonds is 5. The molecule has 0 aromatic heterocycles. The third kappa shape index (κ3) is 9.44. The molecule has 1 unspecified atom stereocenters. The van der Waals surface area contributed by atoms with Gasteiger partial charge in [-0.15, -0.1) is 0 Å². The molecule has 0 spiro atoms. The number of phosphoric acid groups is 1. The second kappa shape index (κ2) is 10.4. The summed E-state index contributed by atoms with van der Waals surface area (Å²) in [7, 11) is -4.64. The van der Waals surface area contributed by atoms with Crippen molar-refractivity contribution in [1.29, 1.82) is 5.26 Å². The van der Waals surface area contributed by atoms with Crippen LogP contribution in [0.15, 0.2) is 18.2 Å². The van der Waals surface area contributed by atoms with E-state index < -0.39 is 7.82 Å². The van der Waals surface area contributed by atoms with E-state index in [0.29, 0.717) is 29.6 Å². The summed E-state index contributed by atoms with van der Waals surface area (Å²) in [5.41, 5.74) is 6.90. The molecule has 1 fully saturated rings. The van der Waals surface area contributed by atoms with Gasteiger partial charge in [0, 0.05) is 24.3 Å². The molecule has 25 heavy (non-hydrogen) atoms. The van der Waals surface area contributed by atoms with Crippen LogP contribution in [-0.2, 0) is 4.57 Å². The van der Waals surface area contributed by atoms with Crippen molar-refractivity contribution in [2.45, 2.75) is 38.6 Å². The number of anilines is 1. The Morgan fingerprint density at radius 1 is 1.40 bits per heavy atom. The number of likely N-dealkylation sites (tertiary alicyclic amines) is 1. The molecule has 0 amide bonds. The number of piperidine rings is 1. The van der Waals surface area contributed by atoms with Crippen LogP contribution >= 0.6 is 7.82 Å². The van der Waals surface area contributed by atoms with Crippen LogP contribution in [0.1, 0.15) is 38.2 Å². The van der Waals surface area contributed by atoms with Crippen LogP contribution in [0.4, 0.5) is 5.69 Å². The molecule has 1 atom stereocenters. The summed E-state index contributed by atoms with van der Waals surface area (Å²) in [6.45, 7) is 5.18. The standard InChI is InChI=1S/C16H23N3O.H3O4P/c1-13-5-2-3-8-19(13)9-4-10-20-16-11-15(18)7-6-14(16)12-17;1-5(2,3)4/h6-7,11,13H,2-5,8-10,18H2,1H3;(H3,1,2,3,4). The van der Waals surface area contributed by atoms with Gasteiger partial charge in [-0.05, 0) is 44.9 Å². The van der Waals surface area contributed by atoms with Crippen molar-refractivity contribution in [2.24, 2.45) is 0 Å². The number of nitrogens with zero attached hydrogens (tertiary/aromatic N) is 2. The highest BCUT2D eigenvalue weighted by Gasteiger charge is 2.17. The normalized spacial score (nSPS) is 18.0. The minimum Gasteiger partial charge on any atom is -0.492 e. The highest BCUT2D eigenvalue weighted by Crippen LogP contribution is 2.25. The van der Waals surface area contributed by atoms with Crippen molar-refractivity contribution in [3.05, 3.63) is 23.8 Å². The molecule has 0 saturated carbocycles.